The first kappa shape index (κ1) is 6.16. The lowest BCUT2D eigenvalue weighted by Crippen LogP contribution is -2.01. The minimum atomic E-state index is -1.44. The molecule has 0 aromatic carbocycles. The Morgan fingerprint density at radius 1 is 1.86 bits per heavy atom. The Morgan fingerprint density at radius 2 is 2.29 bits per heavy atom. The average Bonchev–Trinajstić information content (AvgIpc) is 1.27. The molecule has 0 aliphatic heterocycles. The third-order valence-corrected chi connectivity index (χ3v) is 0.215. The van der Waals surface area contributed by atoms with E-state index in [-0.39, 0.29) is 0 Å². The summed E-state index contributed by atoms with van der Waals surface area (Å²) in [7, 11) is 0. The van der Waals surface area contributed by atoms with Crippen LogP contribution in [0.1, 0.15) is 0 Å². The lowest BCUT2D eigenvalue weighted by Gasteiger charge is -1.80. The van der Waals surface area contributed by atoms with E-state index in [0.29, 0.717) is 0 Å². The predicted molar refractivity (Wildman–Crippen MR) is 19.3 cm³/mol. The van der Waals surface area contributed by atoms with Gasteiger partial charge in [0, 0.05) is 0 Å². The van der Waals surface area contributed by atoms with Crippen LogP contribution in [0.5, 0.6) is 0 Å². The number of rotatable bonds is 1. The molecular weight excluding hydrogens is 125 g/mol. The molecule has 0 aliphatic rings. The summed E-state index contributed by atoms with van der Waals surface area (Å²) in [6, 6.07) is 0. The van der Waals surface area contributed by atoms with Crippen LogP contribution in [-0.2, 0) is 4.84 Å². The molecule has 0 aromatic rings. The van der Waals surface area contributed by atoms with Crippen molar-refractivity contribution in [2.24, 2.45) is 0 Å². The third-order valence-electron chi connectivity index (χ3n) is 0.146. The second-order valence-corrected chi connectivity index (χ2v) is 0.861. The summed E-state index contributed by atoms with van der Waals surface area (Å²) in [5.74, 6) is 0. The van der Waals surface area contributed by atoms with Gasteiger partial charge in [-0.25, -0.2) is 9.63 Å². The second-order valence-electron chi connectivity index (χ2n) is 0.553. The van der Waals surface area contributed by atoms with Gasteiger partial charge in [-0.2, -0.15) is 0 Å². The summed E-state index contributed by atoms with van der Waals surface area (Å²) >= 11 is 4.37. The first-order chi connectivity index (χ1) is 3.13. The smallest absolute Gasteiger partial charge is 0.249 e. The fourth-order valence-corrected chi connectivity index (χ4v) is 0.115. The van der Waals surface area contributed by atoms with Crippen LogP contribution in [0.4, 0.5) is 4.79 Å². The lowest BCUT2D eigenvalue weighted by molar-refractivity contribution is -0.725. The highest BCUT2D eigenvalue weighted by Crippen LogP contribution is 1.84. The molecule has 0 N–H and O–H groups in total. The van der Waals surface area contributed by atoms with Gasteiger partial charge in [0.25, 0.3) is 0 Å². The van der Waals surface area contributed by atoms with Crippen molar-refractivity contribution in [1.82, 2.24) is 0 Å². The summed E-state index contributed by atoms with van der Waals surface area (Å²) < 4.78 is 0. The van der Waals surface area contributed by atoms with Crippen molar-refractivity contribution >= 4 is 17.0 Å². The molecule has 0 rings (SSSR count). The summed E-state index contributed by atoms with van der Waals surface area (Å²) in [5, 5.41) is 7.81. The van der Waals surface area contributed by atoms with Gasteiger partial charge in [0.05, 0.1) is 0 Å². The monoisotopic (exact) mass is 125 g/mol. The molecule has 6 heteroatoms. The molecule has 0 aliphatic carbocycles. The number of hydrogen-bond acceptors (Lipinski definition) is 4. The SMILES string of the molecule is O=C(Cl)O[N+](=O)[O-]. The van der Waals surface area contributed by atoms with Crippen molar-refractivity contribution in [2.75, 3.05) is 0 Å². The molecule has 0 amide bonds. The fraction of sp³-hybridized carbons (Fsp3) is 0. The first-order valence-corrected chi connectivity index (χ1v) is 1.52. The Morgan fingerprint density at radius 3 is 2.29 bits per heavy atom. The standard InChI is InChI=1S/CClNO4/c2-1(4)7-3(5)6. The van der Waals surface area contributed by atoms with Gasteiger partial charge in [-0.15, -0.1) is 10.1 Å². The quantitative estimate of drug-likeness (QED) is 0.292. The Bertz CT molecular complexity index is 87.9. The van der Waals surface area contributed by atoms with E-state index in [9.17, 15) is 4.79 Å². The van der Waals surface area contributed by atoms with Gasteiger partial charge in [-0.05, 0) is 11.6 Å². The molecule has 40 valence electrons. The van der Waals surface area contributed by atoms with E-state index in [1.807, 2.05) is 0 Å². The molecule has 0 heterocycles. The molecular formula is CClNO4. The minimum Gasteiger partial charge on any atom is -0.249 e. The van der Waals surface area contributed by atoms with Crippen molar-refractivity contribution in [2.45, 2.75) is 0 Å². The Kier molecular flexibility index (Phi) is 2.07. The van der Waals surface area contributed by atoms with Crippen molar-refractivity contribution in [3.63, 3.8) is 0 Å². The summed E-state index contributed by atoms with van der Waals surface area (Å²) in [6.45, 7) is 0. The molecule has 7 heavy (non-hydrogen) atoms. The van der Waals surface area contributed by atoms with Crippen LogP contribution in [0.3, 0.4) is 0 Å². The molecule has 0 atom stereocenters. The van der Waals surface area contributed by atoms with Gasteiger partial charge < -0.3 is 0 Å². The molecule has 0 radical (unpaired) electrons. The van der Waals surface area contributed by atoms with Gasteiger partial charge >= 0.3 is 10.5 Å². The van der Waals surface area contributed by atoms with E-state index in [0.717, 1.165) is 0 Å². The van der Waals surface area contributed by atoms with Crippen LogP contribution in [0.2, 0.25) is 0 Å². The van der Waals surface area contributed by atoms with Crippen LogP contribution in [0.15, 0.2) is 0 Å². The largest absolute Gasteiger partial charge is 0.395 e. The zero-order valence-electron chi connectivity index (χ0n) is 2.96. The van der Waals surface area contributed by atoms with Crippen molar-refractivity contribution < 1.29 is 14.7 Å². The van der Waals surface area contributed by atoms with E-state index < -0.39 is 10.5 Å². The summed E-state index contributed by atoms with van der Waals surface area (Å²) in [4.78, 5) is 21.5. The maximum absolute atomic E-state index is 9.36. The molecule has 0 fully saturated rings. The van der Waals surface area contributed by atoms with Crippen LogP contribution in [0, 0.1) is 10.1 Å². The lowest BCUT2D eigenvalue weighted by atomic mass is 11.6. The van der Waals surface area contributed by atoms with E-state index in [1.165, 1.54) is 0 Å². The van der Waals surface area contributed by atoms with Crippen LogP contribution in [-0.4, -0.2) is 10.5 Å². The molecule has 0 aromatic heterocycles. The van der Waals surface area contributed by atoms with Gasteiger partial charge in [0.1, 0.15) is 0 Å². The minimum absolute atomic E-state index is 1.28. The maximum Gasteiger partial charge on any atom is 0.395 e. The van der Waals surface area contributed by atoms with Crippen LogP contribution in [0.25, 0.3) is 0 Å². The number of hydrogen-bond donors (Lipinski definition) is 0. The Balaban J connectivity index is 3.32. The molecule has 0 saturated carbocycles. The maximum atomic E-state index is 9.36. The van der Waals surface area contributed by atoms with Crippen LogP contribution < -0.4 is 0 Å². The number of halogens is 1. The highest BCUT2D eigenvalue weighted by Gasteiger charge is 1.98. The molecule has 0 saturated heterocycles. The van der Waals surface area contributed by atoms with E-state index in [2.05, 4.69) is 16.4 Å². The Hall–Kier alpha value is -0.840. The van der Waals surface area contributed by atoms with Gasteiger partial charge in [0.2, 0.25) is 0 Å². The van der Waals surface area contributed by atoms with E-state index in [1.54, 1.807) is 0 Å². The van der Waals surface area contributed by atoms with Crippen molar-refractivity contribution in [3.8, 4) is 0 Å². The topological polar surface area (TPSA) is 69.4 Å². The molecule has 0 bridgehead atoms. The number of carbonyl (C=O) groups excluding carboxylic acids is 1. The van der Waals surface area contributed by atoms with Gasteiger partial charge in [-0.3, -0.25) is 0 Å². The van der Waals surface area contributed by atoms with Crippen molar-refractivity contribution in [3.05, 3.63) is 10.1 Å². The number of carbonyl (C=O) groups is 1. The summed E-state index contributed by atoms with van der Waals surface area (Å²) in [6.07, 6.45) is 0. The molecule has 0 unspecified atom stereocenters. The fourth-order valence-electron chi connectivity index (χ4n) is 0.0586. The second kappa shape index (κ2) is 2.35. The third kappa shape index (κ3) is 5.16. The van der Waals surface area contributed by atoms with Crippen molar-refractivity contribution in [1.29, 1.82) is 0 Å². The zero-order valence-corrected chi connectivity index (χ0v) is 3.71. The average molecular weight is 125 g/mol. The Labute approximate surface area is 42.9 Å². The highest BCUT2D eigenvalue weighted by atomic mass is 35.5. The molecule has 5 nitrogen and oxygen atoms in total. The summed E-state index contributed by atoms with van der Waals surface area (Å²) in [5.41, 5.74) is -1.44. The number of nitrogens with zero attached hydrogens (tertiary/aromatic N) is 1. The van der Waals surface area contributed by atoms with E-state index in [4.69, 9.17) is 10.1 Å². The van der Waals surface area contributed by atoms with E-state index >= 15 is 0 Å². The normalized spacial score (nSPS) is 7.57. The first-order valence-electron chi connectivity index (χ1n) is 1.14. The van der Waals surface area contributed by atoms with Gasteiger partial charge in [0.15, 0.2) is 0 Å². The predicted octanol–water partition coefficient (Wildman–Crippen LogP) is 0.553. The van der Waals surface area contributed by atoms with Gasteiger partial charge in [-0.1, -0.05) is 0 Å². The highest BCUT2D eigenvalue weighted by molar-refractivity contribution is 6.61. The molecule has 0 spiro atoms. The van der Waals surface area contributed by atoms with Crippen LogP contribution >= 0.6 is 11.6 Å². The zero-order chi connectivity index (χ0) is 5.86.